The van der Waals surface area contributed by atoms with Crippen LogP contribution >= 0.6 is 0 Å². The Morgan fingerprint density at radius 3 is 2.44 bits per heavy atom. The summed E-state index contributed by atoms with van der Waals surface area (Å²) < 4.78 is 35.7. The van der Waals surface area contributed by atoms with Gasteiger partial charge in [-0.25, -0.2) is 9.99 Å². The number of alkyl halides is 2. The van der Waals surface area contributed by atoms with E-state index in [0.29, 0.717) is 62.0 Å². The number of piperazine rings is 1. The van der Waals surface area contributed by atoms with Crippen LogP contribution in [0.2, 0.25) is 0 Å². The highest BCUT2D eigenvalue weighted by atomic mass is 19.3. The maximum Gasteiger partial charge on any atom is 0.342 e. The van der Waals surface area contributed by atoms with E-state index < -0.39 is 48.0 Å². The number of aromatic nitrogens is 2. The molecule has 18 nitrogen and oxygen atoms in total. The van der Waals surface area contributed by atoms with Crippen LogP contribution in [-0.2, 0) is 14.4 Å². The minimum absolute atomic E-state index is 0.0514. The van der Waals surface area contributed by atoms with Gasteiger partial charge in [-0.05, 0) is 56.0 Å². The number of hydrazine groups is 1. The average molecular weight is 856 g/mol. The first-order chi connectivity index (χ1) is 29.8. The molecule has 9 rings (SSSR count). The van der Waals surface area contributed by atoms with E-state index in [0.717, 1.165) is 41.9 Å². The van der Waals surface area contributed by atoms with Crippen molar-refractivity contribution in [2.24, 2.45) is 0 Å². The van der Waals surface area contributed by atoms with E-state index in [9.17, 15) is 28.8 Å². The van der Waals surface area contributed by atoms with Crippen molar-refractivity contribution < 1.29 is 42.3 Å². The zero-order valence-corrected chi connectivity index (χ0v) is 34.4. The summed E-state index contributed by atoms with van der Waals surface area (Å²) in [6.07, 6.45) is 5.58. The minimum atomic E-state index is -3.60. The zero-order valence-electron chi connectivity index (χ0n) is 34.4. The second-order valence-electron chi connectivity index (χ2n) is 16.6. The predicted molar refractivity (Wildman–Crippen MR) is 221 cm³/mol. The Morgan fingerprint density at radius 2 is 1.69 bits per heavy atom. The smallest absolute Gasteiger partial charge is 0.342 e. The van der Waals surface area contributed by atoms with E-state index in [1.54, 1.807) is 30.3 Å². The largest absolute Gasteiger partial charge is 0.495 e. The van der Waals surface area contributed by atoms with Gasteiger partial charge in [-0.2, -0.15) is 13.8 Å². The van der Waals surface area contributed by atoms with Gasteiger partial charge >= 0.3 is 5.92 Å². The summed E-state index contributed by atoms with van der Waals surface area (Å²) in [5, 5.41) is 7.21. The van der Waals surface area contributed by atoms with Crippen LogP contribution in [0.15, 0.2) is 42.6 Å². The van der Waals surface area contributed by atoms with Crippen LogP contribution < -0.4 is 35.5 Å². The number of halogens is 2. The highest BCUT2D eigenvalue weighted by Crippen LogP contribution is 2.41. The predicted octanol–water partition coefficient (Wildman–Crippen LogP) is 2.53. The first-order valence-corrected chi connectivity index (χ1v) is 21.0. The molecule has 2 aromatic carbocycles. The van der Waals surface area contributed by atoms with Crippen LogP contribution in [0.4, 0.5) is 37.6 Å². The van der Waals surface area contributed by atoms with Crippen LogP contribution in [0.1, 0.15) is 76.0 Å². The number of methoxy groups -OCH3 is 1. The Morgan fingerprint density at radius 1 is 0.919 bits per heavy atom. The Balaban J connectivity index is 0.812. The number of carbonyl (C=O) groups is 6. The summed E-state index contributed by atoms with van der Waals surface area (Å²) >= 11 is 0. The van der Waals surface area contributed by atoms with Crippen LogP contribution in [0.5, 0.6) is 5.75 Å². The van der Waals surface area contributed by atoms with Crippen LogP contribution in [-0.4, -0.2) is 144 Å². The molecular formula is C42H47F2N11O7. The lowest BCUT2D eigenvalue weighted by Crippen LogP contribution is -2.56. The molecule has 0 spiro atoms. The molecule has 5 aliphatic heterocycles. The van der Waals surface area contributed by atoms with Gasteiger partial charge in [0.2, 0.25) is 17.8 Å². The number of benzene rings is 2. The maximum absolute atomic E-state index is 15.1. The molecule has 3 N–H and O–H groups in total. The number of amides is 6. The maximum atomic E-state index is 15.1. The van der Waals surface area contributed by atoms with Crippen molar-refractivity contribution in [2.75, 3.05) is 80.0 Å². The van der Waals surface area contributed by atoms with E-state index in [2.05, 4.69) is 35.8 Å². The number of rotatable bonds is 9. The lowest BCUT2D eigenvalue weighted by molar-refractivity contribution is -0.140. The highest BCUT2D eigenvalue weighted by Gasteiger charge is 2.49. The molecule has 1 aromatic heterocycles. The number of piperidine rings is 1. The van der Waals surface area contributed by atoms with Gasteiger partial charge in [0.1, 0.15) is 17.5 Å². The standard InChI is InChI=1S/C42H47F2N11O7/c1-50-31-21-45-41(48-35(31)54(25-6-3-4-7-25)23-42(43,44)40(50)61)46-28-11-10-24(20-32(28)62-2)36(57)49-53-18-16-51(17-19-53)26-14-15-52(22-26)29-9-5-8-27-34(29)39(60)55(38(27)59)30-12-13-33(56)47-37(30)58/h5,8-11,20-21,25-26,30H,3-4,6-7,12-19,22-23H2,1-2H3,(H,49,57)(H,45,46,48)(H,47,56,58). The summed E-state index contributed by atoms with van der Waals surface area (Å²) in [7, 11) is 2.77. The second kappa shape index (κ2) is 16.2. The molecule has 4 fully saturated rings. The van der Waals surface area contributed by atoms with E-state index in [-0.39, 0.29) is 59.4 Å². The molecule has 20 heteroatoms. The van der Waals surface area contributed by atoms with Gasteiger partial charge in [0.25, 0.3) is 23.6 Å². The van der Waals surface area contributed by atoms with E-state index in [4.69, 9.17) is 4.74 Å². The van der Waals surface area contributed by atoms with Crippen molar-refractivity contribution in [3.8, 4) is 5.75 Å². The number of nitrogens with one attached hydrogen (secondary N) is 3. The topological polar surface area (TPSA) is 193 Å². The summed E-state index contributed by atoms with van der Waals surface area (Å²) in [4.78, 5) is 94.4. The molecule has 6 aliphatic rings. The van der Waals surface area contributed by atoms with Gasteiger partial charge in [0.05, 0.1) is 42.4 Å². The first kappa shape index (κ1) is 41.1. The number of carbonyl (C=O) groups excluding carboxylic acids is 6. The number of nitrogens with zero attached hydrogens (tertiary/aromatic N) is 8. The van der Waals surface area contributed by atoms with Gasteiger partial charge in [-0.1, -0.05) is 18.9 Å². The van der Waals surface area contributed by atoms with Crippen molar-refractivity contribution in [3.05, 3.63) is 59.3 Å². The number of hydrogen-bond acceptors (Lipinski definition) is 14. The van der Waals surface area contributed by atoms with Gasteiger partial charge < -0.3 is 24.8 Å². The fourth-order valence-electron chi connectivity index (χ4n) is 9.59. The molecular weight excluding hydrogens is 809 g/mol. The molecule has 6 amide bonds. The summed E-state index contributed by atoms with van der Waals surface area (Å²) in [5.74, 6) is -6.67. The number of fused-ring (bicyclic) bond motifs is 2. The molecule has 62 heavy (non-hydrogen) atoms. The van der Waals surface area contributed by atoms with Gasteiger partial charge in [-0.3, -0.25) is 49.3 Å². The molecule has 6 heterocycles. The monoisotopic (exact) mass is 855 g/mol. The highest BCUT2D eigenvalue weighted by molar-refractivity contribution is 6.25. The van der Waals surface area contributed by atoms with Crippen molar-refractivity contribution in [2.45, 2.75) is 69.0 Å². The molecule has 2 unspecified atom stereocenters. The fraction of sp³-hybridized carbons (Fsp3) is 0.476. The summed E-state index contributed by atoms with van der Waals surface area (Å²) in [5.41, 5.74) is 5.17. The number of imide groups is 2. The molecule has 1 aliphatic carbocycles. The van der Waals surface area contributed by atoms with Crippen LogP contribution in [0.25, 0.3) is 0 Å². The van der Waals surface area contributed by atoms with Gasteiger partial charge in [0.15, 0.2) is 5.82 Å². The second-order valence-corrected chi connectivity index (χ2v) is 16.6. The Hall–Kier alpha value is -6.28. The molecule has 3 saturated heterocycles. The van der Waals surface area contributed by atoms with Gasteiger partial charge in [0, 0.05) is 70.4 Å². The SMILES string of the molecule is COc1cc(C(=O)NN2CCN(C3CCN(c4cccc5c4C(=O)N(C4CCC(=O)NC4=O)C5=O)C3)CC2)ccc1Nc1ncc2c(n1)N(C1CCCC1)CC(F)(F)C(=O)N2C. The molecule has 1 saturated carbocycles. The minimum Gasteiger partial charge on any atom is -0.495 e. The zero-order chi connectivity index (χ0) is 43.4. The third kappa shape index (κ3) is 7.43. The summed E-state index contributed by atoms with van der Waals surface area (Å²) in [6.45, 7) is 3.01. The lowest BCUT2D eigenvalue weighted by atomic mass is 10.0. The fourth-order valence-corrected chi connectivity index (χ4v) is 9.59. The Kier molecular flexibility index (Phi) is 10.7. The summed E-state index contributed by atoms with van der Waals surface area (Å²) in [6, 6.07) is 9.00. The third-order valence-corrected chi connectivity index (χ3v) is 12.9. The quantitative estimate of drug-likeness (QED) is 0.266. The molecule has 3 aromatic rings. The van der Waals surface area contributed by atoms with Crippen LogP contribution in [0.3, 0.4) is 0 Å². The third-order valence-electron chi connectivity index (χ3n) is 12.9. The van der Waals surface area contributed by atoms with Crippen molar-refractivity contribution in [3.63, 3.8) is 0 Å². The number of ether oxygens (including phenoxy) is 1. The molecule has 2 atom stereocenters. The Bertz CT molecular complexity index is 2350. The van der Waals surface area contributed by atoms with Crippen LogP contribution in [0, 0.1) is 0 Å². The number of hydrogen-bond donors (Lipinski definition) is 3. The number of anilines is 5. The normalized spacial score (nSPS) is 23.4. The molecule has 326 valence electrons. The van der Waals surface area contributed by atoms with E-state index >= 15 is 8.78 Å². The lowest BCUT2D eigenvalue weighted by Gasteiger charge is -2.38. The average Bonchev–Trinajstić information content (AvgIpc) is 4.03. The van der Waals surface area contributed by atoms with E-state index in [1.807, 2.05) is 11.1 Å². The van der Waals surface area contributed by atoms with Crippen molar-refractivity contribution >= 4 is 64.3 Å². The van der Waals surface area contributed by atoms with Gasteiger partial charge in [-0.15, -0.1) is 0 Å². The van der Waals surface area contributed by atoms with E-state index in [1.165, 1.54) is 25.3 Å². The molecule has 0 bridgehead atoms. The first-order valence-electron chi connectivity index (χ1n) is 21.0. The Labute approximate surface area is 355 Å². The molecule has 0 radical (unpaired) electrons. The van der Waals surface area contributed by atoms with Crippen molar-refractivity contribution in [1.29, 1.82) is 0 Å². The van der Waals surface area contributed by atoms with Crippen molar-refractivity contribution in [1.82, 2.24) is 35.5 Å².